The normalized spacial score (nSPS) is 17.5. The van der Waals surface area contributed by atoms with E-state index in [1.807, 2.05) is 38.1 Å². The molecule has 0 radical (unpaired) electrons. The summed E-state index contributed by atoms with van der Waals surface area (Å²) in [6.45, 7) is 6.77. The minimum absolute atomic E-state index is 0. The number of amides is 1. The lowest BCUT2D eigenvalue weighted by Crippen LogP contribution is -2.50. The molecule has 24 heavy (non-hydrogen) atoms. The van der Waals surface area contributed by atoms with Crippen molar-refractivity contribution in [2.75, 3.05) is 33.4 Å². The molecule has 1 aromatic rings. The summed E-state index contributed by atoms with van der Waals surface area (Å²) in [5.41, 5.74) is 0.622. The van der Waals surface area contributed by atoms with Gasteiger partial charge in [0.25, 0.3) is 0 Å². The fraction of sp³-hybridized carbons (Fsp3) is 0.611. The Labute approximate surface area is 150 Å². The van der Waals surface area contributed by atoms with E-state index in [9.17, 15) is 4.79 Å². The average molecular weight is 357 g/mol. The van der Waals surface area contributed by atoms with E-state index in [1.54, 1.807) is 7.11 Å². The van der Waals surface area contributed by atoms with Gasteiger partial charge in [-0.3, -0.25) is 4.79 Å². The second kappa shape index (κ2) is 9.87. The smallest absolute Gasteiger partial charge is 0.229 e. The number of ether oxygens (including phenoxy) is 2. The first-order chi connectivity index (χ1) is 11.1. The van der Waals surface area contributed by atoms with Gasteiger partial charge < -0.3 is 20.1 Å². The summed E-state index contributed by atoms with van der Waals surface area (Å²) in [7, 11) is 1.66. The van der Waals surface area contributed by atoms with E-state index in [4.69, 9.17) is 9.47 Å². The van der Waals surface area contributed by atoms with Gasteiger partial charge in [0.15, 0.2) is 0 Å². The molecule has 0 bridgehead atoms. The van der Waals surface area contributed by atoms with E-state index < -0.39 is 5.41 Å². The van der Waals surface area contributed by atoms with Crippen molar-refractivity contribution >= 4 is 18.3 Å². The molecule has 2 rings (SSSR count). The number of methoxy groups -OCH3 is 1. The molecular formula is C18H29ClN2O3. The Morgan fingerprint density at radius 2 is 2.08 bits per heavy atom. The minimum atomic E-state index is -0.425. The van der Waals surface area contributed by atoms with Crippen molar-refractivity contribution < 1.29 is 14.3 Å². The van der Waals surface area contributed by atoms with Gasteiger partial charge in [-0.2, -0.15) is 0 Å². The van der Waals surface area contributed by atoms with E-state index >= 15 is 0 Å². The maximum absolute atomic E-state index is 12.9. The molecule has 0 aromatic heterocycles. The lowest BCUT2D eigenvalue weighted by Gasteiger charge is -2.36. The highest BCUT2D eigenvalue weighted by atomic mass is 35.5. The first kappa shape index (κ1) is 20.7. The molecule has 1 aromatic carbocycles. The number of carbonyl (C=O) groups is 1. The Morgan fingerprint density at radius 3 is 2.71 bits per heavy atom. The Kier molecular flexibility index (Phi) is 8.53. The van der Waals surface area contributed by atoms with Gasteiger partial charge in [0.05, 0.1) is 24.7 Å². The van der Waals surface area contributed by atoms with Crippen molar-refractivity contribution in [1.82, 2.24) is 10.6 Å². The van der Waals surface area contributed by atoms with E-state index in [2.05, 4.69) is 10.6 Å². The zero-order valence-electron chi connectivity index (χ0n) is 14.8. The molecule has 1 atom stereocenters. The highest BCUT2D eigenvalue weighted by Gasteiger charge is 2.40. The molecule has 1 unspecified atom stereocenters. The fourth-order valence-corrected chi connectivity index (χ4v) is 3.09. The third-order valence-electron chi connectivity index (χ3n) is 4.48. The van der Waals surface area contributed by atoms with Crippen LogP contribution in [0.2, 0.25) is 0 Å². The van der Waals surface area contributed by atoms with Crippen molar-refractivity contribution in [2.24, 2.45) is 5.41 Å². The zero-order chi connectivity index (χ0) is 16.7. The molecule has 0 spiro atoms. The molecule has 5 nitrogen and oxygen atoms in total. The van der Waals surface area contributed by atoms with Crippen LogP contribution in [0, 0.1) is 5.41 Å². The van der Waals surface area contributed by atoms with Gasteiger partial charge in [0, 0.05) is 7.11 Å². The zero-order valence-corrected chi connectivity index (χ0v) is 15.6. The number of halogens is 1. The van der Waals surface area contributed by atoms with Crippen LogP contribution in [0.15, 0.2) is 24.3 Å². The second-order valence-electron chi connectivity index (χ2n) is 6.16. The van der Waals surface area contributed by atoms with Crippen LogP contribution >= 0.6 is 12.4 Å². The summed E-state index contributed by atoms with van der Waals surface area (Å²) in [6, 6.07) is 7.82. The second-order valence-corrected chi connectivity index (χ2v) is 6.16. The standard InChI is InChI=1S/C18H28N2O3.ClH/c1-4-23-16-7-5-6-15(12-16)14(2)20-17(21)18(13-22-3)8-10-19-11-9-18;/h5-7,12,14,19H,4,8-11,13H2,1-3H3,(H,20,21);1H. The summed E-state index contributed by atoms with van der Waals surface area (Å²) in [6.07, 6.45) is 1.61. The number of piperidine rings is 1. The Morgan fingerprint density at radius 1 is 1.38 bits per heavy atom. The SMILES string of the molecule is CCOc1cccc(C(C)NC(=O)C2(COC)CCNCC2)c1.Cl. The summed E-state index contributed by atoms with van der Waals surface area (Å²) in [5.74, 6) is 0.912. The fourth-order valence-electron chi connectivity index (χ4n) is 3.09. The van der Waals surface area contributed by atoms with Crippen molar-refractivity contribution in [2.45, 2.75) is 32.7 Å². The summed E-state index contributed by atoms with van der Waals surface area (Å²) in [4.78, 5) is 12.9. The third kappa shape index (κ3) is 5.10. The first-order valence-electron chi connectivity index (χ1n) is 8.34. The Balaban J connectivity index is 0.00000288. The van der Waals surface area contributed by atoms with Gasteiger partial charge in [-0.25, -0.2) is 0 Å². The van der Waals surface area contributed by atoms with Crippen LogP contribution in [0.5, 0.6) is 5.75 Å². The number of rotatable bonds is 7. The van der Waals surface area contributed by atoms with Gasteiger partial charge in [0.2, 0.25) is 5.91 Å². The Bertz CT molecular complexity index is 513. The molecule has 136 valence electrons. The van der Waals surface area contributed by atoms with E-state index in [1.165, 1.54) is 0 Å². The van der Waals surface area contributed by atoms with E-state index in [-0.39, 0.29) is 24.4 Å². The van der Waals surface area contributed by atoms with Crippen LogP contribution < -0.4 is 15.4 Å². The van der Waals surface area contributed by atoms with Crippen LogP contribution in [0.4, 0.5) is 0 Å². The highest BCUT2D eigenvalue weighted by Crippen LogP contribution is 2.30. The van der Waals surface area contributed by atoms with Gasteiger partial charge in [-0.1, -0.05) is 12.1 Å². The highest BCUT2D eigenvalue weighted by molar-refractivity contribution is 5.85. The molecule has 2 N–H and O–H groups in total. The van der Waals surface area contributed by atoms with Crippen LogP contribution in [0.3, 0.4) is 0 Å². The van der Waals surface area contributed by atoms with Crippen molar-refractivity contribution in [3.8, 4) is 5.75 Å². The molecule has 6 heteroatoms. The maximum atomic E-state index is 12.9. The predicted molar refractivity (Wildman–Crippen MR) is 97.8 cm³/mol. The monoisotopic (exact) mass is 356 g/mol. The molecular weight excluding hydrogens is 328 g/mol. The lowest BCUT2D eigenvalue weighted by atomic mass is 9.78. The largest absolute Gasteiger partial charge is 0.494 e. The van der Waals surface area contributed by atoms with E-state index in [0.29, 0.717) is 13.2 Å². The number of carbonyl (C=O) groups excluding carboxylic acids is 1. The number of nitrogens with one attached hydrogen (secondary N) is 2. The third-order valence-corrected chi connectivity index (χ3v) is 4.48. The molecule has 1 aliphatic rings. The summed E-state index contributed by atoms with van der Waals surface area (Å²) >= 11 is 0. The Hall–Kier alpha value is -1.30. The van der Waals surface area contributed by atoms with Gasteiger partial charge in [-0.05, 0) is 57.5 Å². The molecule has 0 saturated carbocycles. The molecule has 1 fully saturated rings. The average Bonchev–Trinajstić information content (AvgIpc) is 2.56. The van der Waals surface area contributed by atoms with E-state index in [0.717, 1.165) is 37.2 Å². The van der Waals surface area contributed by atoms with Crippen LogP contribution in [0.25, 0.3) is 0 Å². The topological polar surface area (TPSA) is 59.6 Å². The van der Waals surface area contributed by atoms with Gasteiger partial charge >= 0.3 is 0 Å². The lowest BCUT2D eigenvalue weighted by molar-refractivity contribution is -0.136. The van der Waals surface area contributed by atoms with Crippen LogP contribution in [-0.2, 0) is 9.53 Å². The maximum Gasteiger partial charge on any atom is 0.229 e. The summed E-state index contributed by atoms with van der Waals surface area (Å²) in [5, 5.41) is 6.47. The van der Waals surface area contributed by atoms with Gasteiger partial charge in [-0.15, -0.1) is 12.4 Å². The first-order valence-corrected chi connectivity index (χ1v) is 8.34. The van der Waals surface area contributed by atoms with Crippen LogP contribution in [0.1, 0.15) is 38.3 Å². The van der Waals surface area contributed by atoms with Crippen molar-refractivity contribution in [3.05, 3.63) is 29.8 Å². The molecule has 1 heterocycles. The van der Waals surface area contributed by atoms with Crippen molar-refractivity contribution in [3.63, 3.8) is 0 Å². The minimum Gasteiger partial charge on any atom is -0.494 e. The summed E-state index contributed by atoms with van der Waals surface area (Å²) < 4.78 is 10.9. The molecule has 1 saturated heterocycles. The molecule has 1 aliphatic heterocycles. The van der Waals surface area contributed by atoms with Crippen LogP contribution in [-0.4, -0.2) is 39.3 Å². The van der Waals surface area contributed by atoms with Gasteiger partial charge in [0.1, 0.15) is 5.75 Å². The molecule has 0 aliphatic carbocycles. The predicted octanol–water partition coefficient (Wildman–Crippen LogP) is 2.70. The number of hydrogen-bond acceptors (Lipinski definition) is 4. The number of hydrogen-bond donors (Lipinski definition) is 2. The number of benzene rings is 1. The van der Waals surface area contributed by atoms with Crippen molar-refractivity contribution in [1.29, 1.82) is 0 Å². The quantitative estimate of drug-likeness (QED) is 0.788. The molecule has 1 amide bonds.